The lowest BCUT2D eigenvalue weighted by molar-refractivity contribution is -0.117. The second kappa shape index (κ2) is 5.99. The highest BCUT2D eigenvalue weighted by atomic mass is 16.1. The molecule has 0 radical (unpaired) electrons. The molecule has 0 amide bonds. The van der Waals surface area contributed by atoms with Crippen molar-refractivity contribution in [3.63, 3.8) is 0 Å². The van der Waals surface area contributed by atoms with Crippen LogP contribution in [0.25, 0.3) is 0 Å². The third kappa shape index (κ3) is 3.66. The molecule has 1 aromatic heterocycles. The van der Waals surface area contributed by atoms with Crippen molar-refractivity contribution in [3.8, 4) is 0 Å². The van der Waals surface area contributed by atoms with Gasteiger partial charge in [0, 0.05) is 25.6 Å². The fourth-order valence-electron chi connectivity index (χ4n) is 2.45. The van der Waals surface area contributed by atoms with Gasteiger partial charge in [0.2, 0.25) is 0 Å². The Morgan fingerprint density at radius 1 is 1.53 bits per heavy atom. The van der Waals surface area contributed by atoms with Crippen molar-refractivity contribution in [2.75, 3.05) is 18.0 Å². The number of anilines is 1. The zero-order valence-electron chi connectivity index (χ0n) is 11.6. The quantitative estimate of drug-likeness (QED) is 0.825. The Morgan fingerprint density at radius 3 is 2.95 bits per heavy atom. The number of aryl methyl sites for hydroxylation is 1. The van der Waals surface area contributed by atoms with Crippen molar-refractivity contribution in [1.82, 2.24) is 9.78 Å². The van der Waals surface area contributed by atoms with Crippen LogP contribution in [0.4, 0.5) is 5.69 Å². The van der Waals surface area contributed by atoms with E-state index >= 15 is 0 Å². The predicted molar refractivity (Wildman–Crippen MR) is 74.4 cm³/mol. The average molecular weight is 263 g/mol. The van der Waals surface area contributed by atoms with Crippen LogP contribution < -0.4 is 10.5 Å². The molecule has 0 saturated carbocycles. The van der Waals surface area contributed by atoms with Gasteiger partial charge in [0.05, 0.1) is 18.4 Å². The van der Waals surface area contributed by atoms with Crippen LogP contribution in [0.1, 0.15) is 33.1 Å². The topological polar surface area (TPSA) is 55.2 Å². The monoisotopic (exact) mass is 263 g/mol. The van der Waals surface area contributed by atoms with Gasteiger partial charge in [-0.3, -0.25) is 9.59 Å². The van der Waals surface area contributed by atoms with E-state index in [9.17, 15) is 9.59 Å². The van der Waals surface area contributed by atoms with E-state index in [-0.39, 0.29) is 11.3 Å². The van der Waals surface area contributed by atoms with E-state index in [1.165, 1.54) is 18.0 Å². The van der Waals surface area contributed by atoms with Gasteiger partial charge in [-0.15, -0.1) is 0 Å². The minimum atomic E-state index is -0.128. The molecular weight excluding hydrogens is 242 g/mol. The minimum Gasteiger partial charge on any atom is -0.370 e. The van der Waals surface area contributed by atoms with Gasteiger partial charge in [0.15, 0.2) is 0 Å². The van der Waals surface area contributed by atoms with Gasteiger partial charge in [-0.1, -0.05) is 6.92 Å². The van der Waals surface area contributed by atoms with Gasteiger partial charge < -0.3 is 4.90 Å². The van der Waals surface area contributed by atoms with Crippen molar-refractivity contribution in [2.24, 2.45) is 5.92 Å². The highest BCUT2D eigenvalue weighted by molar-refractivity contribution is 5.75. The summed E-state index contributed by atoms with van der Waals surface area (Å²) in [5.41, 5.74) is 0.771. The largest absolute Gasteiger partial charge is 0.370 e. The third-order valence-electron chi connectivity index (χ3n) is 3.55. The summed E-state index contributed by atoms with van der Waals surface area (Å²) in [6.45, 7) is 6.09. The van der Waals surface area contributed by atoms with E-state index < -0.39 is 0 Å². The van der Waals surface area contributed by atoms with Crippen LogP contribution in [0, 0.1) is 5.92 Å². The van der Waals surface area contributed by atoms with Gasteiger partial charge in [-0.2, -0.15) is 5.10 Å². The lowest BCUT2D eigenvalue weighted by Crippen LogP contribution is -2.35. The number of aromatic nitrogens is 2. The Bertz CT molecular complexity index is 510. The summed E-state index contributed by atoms with van der Waals surface area (Å²) >= 11 is 0. The smallest absolute Gasteiger partial charge is 0.268 e. The van der Waals surface area contributed by atoms with Crippen LogP contribution in [0.5, 0.6) is 0 Å². The first-order chi connectivity index (χ1) is 9.06. The van der Waals surface area contributed by atoms with Gasteiger partial charge >= 0.3 is 0 Å². The molecule has 0 aromatic carbocycles. The minimum absolute atomic E-state index is 0.0719. The SMILES string of the molecule is CC(=O)CCn1ncc(N2CCCC(C)C2)cc1=O. The lowest BCUT2D eigenvalue weighted by Gasteiger charge is -2.32. The number of rotatable bonds is 4. The first-order valence-corrected chi connectivity index (χ1v) is 6.88. The molecule has 1 fully saturated rings. The number of hydrogen-bond donors (Lipinski definition) is 0. The second-order valence-corrected chi connectivity index (χ2v) is 5.42. The molecule has 1 saturated heterocycles. The standard InChI is InChI=1S/C14H21N3O2/c1-11-4-3-6-16(10-11)13-8-14(19)17(15-9-13)7-5-12(2)18/h8-9,11H,3-7,10H2,1-2H3. The van der Waals surface area contributed by atoms with Crippen LogP contribution in [-0.4, -0.2) is 28.7 Å². The Hall–Kier alpha value is -1.65. The molecular formula is C14H21N3O2. The van der Waals surface area contributed by atoms with Gasteiger partial charge in [-0.25, -0.2) is 4.68 Å². The van der Waals surface area contributed by atoms with E-state index in [1.54, 1.807) is 12.3 Å². The van der Waals surface area contributed by atoms with Gasteiger partial charge in [0.25, 0.3) is 5.56 Å². The van der Waals surface area contributed by atoms with E-state index in [1.807, 2.05) is 0 Å². The van der Waals surface area contributed by atoms with Crippen molar-refractivity contribution in [3.05, 3.63) is 22.6 Å². The Balaban J connectivity index is 2.09. The molecule has 0 bridgehead atoms. The van der Waals surface area contributed by atoms with Crippen molar-refractivity contribution >= 4 is 11.5 Å². The van der Waals surface area contributed by atoms with Crippen molar-refractivity contribution in [1.29, 1.82) is 0 Å². The lowest BCUT2D eigenvalue weighted by atomic mass is 10.00. The molecule has 1 aliphatic rings. The number of Topliss-reactive ketones (excluding diaryl/α,β-unsaturated/α-hetero) is 1. The van der Waals surface area contributed by atoms with Gasteiger partial charge in [-0.05, 0) is 25.7 Å². The van der Waals surface area contributed by atoms with E-state index in [4.69, 9.17) is 0 Å². The molecule has 1 unspecified atom stereocenters. The number of nitrogens with zero attached hydrogens (tertiary/aromatic N) is 3. The summed E-state index contributed by atoms with van der Waals surface area (Å²) in [7, 11) is 0. The summed E-state index contributed by atoms with van der Waals surface area (Å²) in [5.74, 6) is 0.733. The molecule has 5 heteroatoms. The fourth-order valence-corrected chi connectivity index (χ4v) is 2.45. The third-order valence-corrected chi connectivity index (χ3v) is 3.55. The molecule has 19 heavy (non-hydrogen) atoms. The Labute approximate surface area is 113 Å². The highest BCUT2D eigenvalue weighted by Gasteiger charge is 2.17. The molecule has 1 aliphatic heterocycles. The number of hydrogen-bond acceptors (Lipinski definition) is 4. The maximum atomic E-state index is 11.9. The second-order valence-electron chi connectivity index (χ2n) is 5.42. The predicted octanol–water partition coefficient (Wildman–Crippen LogP) is 1.46. The van der Waals surface area contributed by atoms with Crippen molar-refractivity contribution < 1.29 is 4.79 Å². The molecule has 2 rings (SSSR count). The van der Waals surface area contributed by atoms with E-state index in [0.29, 0.717) is 18.9 Å². The zero-order chi connectivity index (χ0) is 13.8. The molecule has 5 nitrogen and oxygen atoms in total. The molecule has 1 atom stereocenters. The van der Waals surface area contributed by atoms with Crippen LogP contribution in [0.3, 0.4) is 0 Å². The number of carbonyl (C=O) groups is 1. The summed E-state index contributed by atoms with van der Waals surface area (Å²) in [6, 6.07) is 1.63. The fraction of sp³-hybridized carbons (Fsp3) is 0.643. The van der Waals surface area contributed by atoms with E-state index in [0.717, 1.165) is 25.2 Å². The first kappa shape index (κ1) is 13.8. The van der Waals surface area contributed by atoms with Crippen LogP contribution >= 0.6 is 0 Å². The van der Waals surface area contributed by atoms with Crippen LogP contribution in [0.15, 0.2) is 17.1 Å². The Morgan fingerprint density at radius 2 is 2.32 bits per heavy atom. The molecule has 0 spiro atoms. The zero-order valence-corrected chi connectivity index (χ0v) is 11.6. The normalized spacial score (nSPS) is 19.5. The molecule has 0 N–H and O–H groups in total. The molecule has 0 aliphatic carbocycles. The highest BCUT2D eigenvalue weighted by Crippen LogP contribution is 2.20. The molecule has 104 valence electrons. The summed E-state index contributed by atoms with van der Waals surface area (Å²) in [5, 5.41) is 4.16. The summed E-state index contributed by atoms with van der Waals surface area (Å²) in [6.07, 6.45) is 4.50. The molecule has 2 heterocycles. The number of carbonyl (C=O) groups excluding carboxylic acids is 1. The maximum absolute atomic E-state index is 11.9. The number of piperidine rings is 1. The first-order valence-electron chi connectivity index (χ1n) is 6.88. The van der Waals surface area contributed by atoms with Crippen LogP contribution in [-0.2, 0) is 11.3 Å². The maximum Gasteiger partial charge on any atom is 0.268 e. The van der Waals surface area contributed by atoms with E-state index in [2.05, 4.69) is 16.9 Å². The molecule has 1 aromatic rings. The average Bonchev–Trinajstić information content (AvgIpc) is 2.37. The summed E-state index contributed by atoms with van der Waals surface area (Å²) in [4.78, 5) is 25.1. The summed E-state index contributed by atoms with van der Waals surface area (Å²) < 4.78 is 1.36. The number of ketones is 1. The van der Waals surface area contributed by atoms with Crippen molar-refractivity contribution in [2.45, 2.75) is 39.7 Å². The Kier molecular flexibility index (Phi) is 4.35. The van der Waals surface area contributed by atoms with Gasteiger partial charge in [0.1, 0.15) is 5.78 Å². The van der Waals surface area contributed by atoms with Crippen LogP contribution in [0.2, 0.25) is 0 Å².